The Hall–Kier alpha value is -1.22. The number of ether oxygens (including phenoxy) is 2. The van der Waals surface area contributed by atoms with Gasteiger partial charge in [0.25, 0.3) is 0 Å². The van der Waals surface area contributed by atoms with Gasteiger partial charge >= 0.3 is 0 Å². The molecule has 1 aliphatic carbocycles. The maximum atomic E-state index is 5.32. The minimum Gasteiger partial charge on any atom is -0.496 e. The molecule has 3 nitrogen and oxygen atoms in total. The Morgan fingerprint density at radius 3 is 2.27 bits per heavy atom. The quantitative estimate of drug-likeness (QED) is 0.800. The van der Waals surface area contributed by atoms with Crippen molar-refractivity contribution in [2.24, 2.45) is 0 Å². The minimum absolute atomic E-state index is 0.694. The number of methoxy groups -OCH3 is 2. The van der Waals surface area contributed by atoms with E-state index >= 15 is 0 Å². The van der Waals surface area contributed by atoms with Crippen molar-refractivity contribution >= 4 is 0 Å². The van der Waals surface area contributed by atoms with Crippen molar-refractivity contribution in [3.63, 3.8) is 0 Å². The molecule has 0 bridgehead atoms. The molecule has 2 rings (SSSR count). The van der Waals surface area contributed by atoms with Gasteiger partial charge in [0.1, 0.15) is 11.5 Å². The van der Waals surface area contributed by atoms with Gasteiger partial charge in [0.05, 0.1) is 14.2 Å². The fourth-order valence-corrected chi connectivity index (χ4v) is 1.64. The summed E-state index contributed by atoms with van der Waals surface area (Å²) in [6, 6.07) is 6.57. The van der Waals surface area contributed by atoms with Crippen LogP contribution in [0.4, 0.5) is 0 Å². The molecular weight excluding hydrogens is 190 g/mol. The lowest BCUT2D eigenvalue weighted by molar-refractivity contribution is 0.382. The van der Waals surface area contributed by atoms with Gasteiger partial charge in [0.15, 0.2) is 0 Å². The molecule has 1 N–H and O–H groups in total. The van der Waals surface area contributed by atoms with Crippen molar-refractivity contribution in [2.45, 2.75) is 25.4 Å². The lowest BCUT2D eigenvalue weighted by Crippen LogP contribution is -2.16. The molecule has 1 aliphatic rings. The van der Waals surface area contributed by atoms with Gasteiger partial charge in [-0.1, -0.05) is 6.07 Å². The molecule has 0 spiro atoms. The van der Waals surface area contributed by atoms with Crippen molar-refractivity contribution in [1.82, 2.24) is 5.32 Å². The van der Waals surface area contributed by atoms with Crippen molar-refractivity contribution in [1.29, 1.82) is 0 Å². The van der Waals surface area contributed by atoms with E-state index in [-0.39, 0.29) is 0 Å². The van der Waals surface area contributed by atoms with Gasteiger partial charge in [-0.2, -0.15) is 0 Å². The standard InChI is InChI=1S/C12H17NO2/c1-14-11-4-3-5-12(15-2)10(11)8-13-9-6-7-9/h3-5,9,13H,6-8H2,1-2H3. The molecule has 1 aromatic carbocycles. The number of hydrogen-bond acceptors (Lipinski definition) is 3. The van der Waals surface area contributed by atoms with Crippen LogP contribution >= 0.6 is 0 Å². The molecule has 0 aromatic heterocycles. The van der Waals surface area contributed by atoms with Crippen LogP contribution in [0.3, 0.4) is 0 Å². The summed E-state index contributed by atoms with van der Waals surface area (Å²) < 4.78 is 10.6. The van der Waals surface area contributed by atoms with Crippen molar-refractivity contribution in [3.05, 3.63) is 23.8 Å². The van der Waals surface area contributed by atoms with E-state index in [1.165, 1.54) is 12.8 Å². The first kappa shape index (κ1) is 10.3. The van der Waals surface area contributed by atoms with Crippen LogP contribution in [-0.4, -0.2) is 20.3 Å². The van der Waals surface area contributed by atoms with E-state index in [1.807, 2.05) is 18.2 Å². The maximum absolute atomic E-state index is 5.32. The van der Waals surface area contributed by atoms with Crippen LogP contribution in [0.25, 0.3) is 0 Å². The smallest absolute Gasteiger partial charge is 0.127 e. The minimum atomic E-state index is 0.694. The summed E-state index contributed by atoms with van der Waals surface area (Å²) in [5, 5.41) is 3.46. The van der Waals surface area contributed by atoms with E-state index in [1.54, 1.807) is 14.2 Å². The predicted molar refractivity (Wildman–Crippen MR) is 59.4 cm³/mol. The van der Waals surface area contributed by atoms with E-state index in [0.717, 1.165) is 23.6 Å². The average molecular weight is 207 g/mol. The first-order chi connectivity index (χ1) is 7.35. The van der Waals surface area contributed by atoms with E-state index in [9.17, 15) is 0 Å². The molecule has 1 saturated carbocycles. The summed E-state index contributed by atoms with van der Waals surface area (Å²) in [6.07, 6.45) is 2.58. The van der Waals surface area contributed by atoms with Gasteiger partial charge in [0, 0.05) is 18.2 Å². The third-order valence-corrected chi connectivity index (χ3v) is 2.67. The second kappa shape index (κ2) is 4.53. The van der Waals surface area contributed by atoms with Crippen molar-refractivity contribution < 1.29 is 9.47 Å². The van der Waals surface area contributed by atoms with Gasteiger partial charge in [-0.3, -0.25) is 0 Å². The zero-order chi connectivity index (χ0) is 10.7. The van der Waals surface area contributed by atoms with E-state index in [4.69, 9.17) is 9.47 Å². The van der Waals surface area contributed by atoms with Crippen LogP contribution in [0.1, 0.15) is 18.4 Å². The Balaban J connectivity index is 2.15. The van der Waals surface area contributed by atoms with Crippen LogP contribution in [0.2, 0.25) is 0 Å². The monoisotopic (exact) mass is 207 g/mol. The molecule has 15 heavy (non-hydrogen) atoms. The second-order valence-corrected chi connectivity index (χ2v) is 3.80. The van der Waals surface area contributed by atoms with Gasteiger partial charge in [-0.15, -0.1) is 0 Å². The normalized spacial score (nSPS) is 15.1. The Bertz CT molecular complexity index is 312. The summed E-state index contributed by atoms with van der Waals surface area (Å²) in [4.78, 5) is 0. The third kappa shape index (κ3) is 2.42. The van der Waals surface area contributed by atoms with Crippen LogP contribution in [-0.2, 0) is 6.54 Å². The average Bonchev–Trinajstić information content (AvgIpc) is 3.09. The molecule has 1 fully saturated rings. The Labute approximate surface area is 90.4 Å². The van der Waals surface area contributed by atoms with Crippen LogP contribution in [0.5, 0.6) is 11.5 Å². The summed E-state index contributed by atoms with van der Waals surface area (Å²) in [7, 11) is 3.38. The lowest BCUT2D eigenvalue weighted by Gasteiger charge is -2.13. The summed E-state index contributed by atoms with van der Waals surface area (Å²) in [6.45, 7) is 0.817. The first-order valence-corrected chi connectivity index (χ1v) is 5.28. The molecule has 0 radical (unpaired) electrons. The molecular formula is C12H17NO2. The van der Waals surface area contributed by atoms with E-state index < -0.39 is 0 Å². The maximum Gasteiger partial charge on any atom is 0.127 e. The summed E-state index contributed by atoms with van der Waals surface area (Å²) in [5.41, 5.74) is 1.11. The number of benzene rings is 1. The molecule has 0 aliphatic heterocycles. The third-order valence-electron chi connectivity index (χ3n) is 2.67. The summed E-state index contributed by atoms with van der Waals surface area (Å²) in [5.74, 6) is 1.78. The molecule has 3 heteroatoms. The molecule has 0 unspecified atom stereocenters. The number of rotatable bonds is 5. The zero-order valence-electron chi connectivity index (χ0n) is 9.25. The fourth-order valence-electron chi connectivity index (χ4n) is 1.64. The topological polar surface area (TPSA) is 30.5 Å². The summed E-state index contributed by atoms with van der Waals surface area (Å²) >= 11 is 0. The molecule has 0 atom stereocenters. The largest absolute Gasteiger partial charge is 0.496 e. The SMILES string of the molecule is COc1cccc(OC)c1CNC1CC1. The second-order valence-electron chi connectivity index (χ2n) is 3.80. The zero-order valence-corrected chi connectivity index (χ0v) is 9.25. The Morgan fingerprint density at radius 2 is 1.80 bits per heavy atom. The first-order valence-electron chi connectivity index (χ1n) is 5.28. The molecule has 1 aromatic rings. The van der Waals surface area contributed by atoms with Crippen molar-refractivity contribution in [2.75, 3.05) is 14.2 Å². The lowest BCUT2D eigenvalue weighted by atomic mass is 10.1. The van der Waals surface area contributed by atoms with Crippen LogP contribution in [0.15, 0.2) is 18.2 Å². The molecule has 82 valence electrons. The Morgan fingerprint density at radius 1 is 1.20 bits per heavy atom. The molecule has 0 amide bonds. The van der Waals surface area contributed by atoms with Gasteiger partial charge < -0.3 is 14.8 Å². The van der Waals surface area contributed by atoms with Crippen LogP contribution < -0.4 is 14.8 Å². The van der Waals surface area contributed by atoms with E-state index in [2.05, 4.69) is 5.32 Å². The molecule has 0 saturated heterocycles. The van der Waals surface area contributed by atoms with Gasteiger partial charge in [-0.05, 0) is 25.0 Å². The number of nitrogens with one attached hydrogen (secondary N) is 1. The van der Waals surface area contributed by atoms with Gasteiger partial charge in [0.2, 0.25) is 0 Å². The highest BCUT2D eigenvalue weighted by atomic mass is 16.5. The molecule has 0 heterocycles. The Kier molecular flexibility index (Phi) is 3.11. The highest BCUT2D eigenvalue weighted by molar-refractivity contribution is 5.44. The highest BCUT2D eigenvalue weighted by Crippen LogP contribution is 2.29. The number of hydrogen-bond donors (Lipinski definition) is 1. The highest BCUT2D eigenvalue weighted by Gasteiger charge is 2.21. The van der Waals surface area contributed by atoms with E-state index in [0.29, 0.717) is 6.04 Å². The van der Waals surface area contributed by atoms with Crippen LogP contribution in [0, 0.1) is 0 Å². The predicted octanol–water partition coefficient (Wildman–Crippen LogP) is 1.96. The van der Waals surface area contributed by atoms with Gasteiger partial charge in [-0.25, -0.2) is 0 Å². The van der Waals surface area contributed by atoms with Crippen molar-refractivity contribution in [3.8, 4) is 11.5 Å². The fraction of sp³-hybridized carbons (Fsp3) is 0.500.